The zero-order chi connectivity index (χ0) is 18.6. The molecule has 1 aliphatic heterocycles. The number of hydrogen-bond donors (Lipinski definition) is 2. The van der Waals surface area contributed by atoms with Crippen molar-refractivity contribution < 1.29 is 19.7 Å². The summed E-state index contributed by atoms with van der Waals surface area (Å²) in [4.78, 5) is 13.4. The molecule has 0 bridgehead atoms. The highest BCUT2D eigenvalue weighted by molar-refractivity contribution is 5.87. The Kier molecular flexibility index (Phi) is 5.71. The Bertz CT molecular complexity index is 759. The Hall–Kier alpha value is -2.21. The van der Waals surface area contributed by atoms with Crippen molar-refractivity contribution in [2.75, 3.05) is 26.3 Å². The van der Waals surface area contributed by atoms with Gasteiger partial charge in [-0.15, -0.1) is 0 Å². The number of carboxylic acid groups (broad SMARTS) is 1. The number of carbonyl (C=O) groups is 1. The molecule has 5 heteroatoms. The number of aliphatic hydroxyl groups excluding tert-OH is 1. The van der Waals surface area contributed by atoms with Crippen LogP contribution in [0.15, 0.2) is 48.5 Å². The number of aromatic carboxylic acids is 1. The van der Waals surface area contributed by atoms with Crippen molar-refractivity contribution in [2.45, 2.75) is 25.5 Å². The first-order valence-electron chi connectivity index (χ1n) is 8.85. The number of rotatable bonds is 6. The number of benzene rings is 2. The molecular formula is C21H25NO4. The third-order valence-electron chi connectivity index (χ3n) is 4.84. The van der Waals surface area contributed by atoms with Crippen molar-refractivity contribution in [3.05, 3.63) is 70.8 Å². The summed E-state index contributed by atoms with van der Waals surface area (Å²) in [6.45, 7) is 4.55. The first-order chi connectivity index (χ1) is 12.5. The van der Waals surface area contributed by atoms with Gasteiger partial charge in [0.1, 0.15) is 5.60 Å². The molecule has 0 unspecified atom stereocenters. The second-order valence-corrected chi connectivity index (χ2v) is 7.07. The molecule has 0 radical (unpaired) electrons. The van der Waals surface area contributed by atoms with Gasteiger partial charge in [-0.3, -0.25) is 4.90 Å². The summed E-state index contributed by atoms with van der Waals surface area (Å²) >= 11 is 0. The van der Waals surface area contributed by atoms with Crippen molar-refractivity contribution in [1.82, 2.24) is 4.90 Å². The molecule has 138 valence electrons. The fraction of sp³-hybridized carbons (Fsp3) is 0.381. The minimum atomic E-state index is -0.919. The number of morpholine rings is 1. The Balaban J connectivity index is 1.71. The van der Waals surface area contributed by atoms with Gasteiger partial charge in [0.05, 0.1) is 18.8 Å². The lowest BCUT2D eigenvalue weighted by Gasteiger charge is -2.42. The largest absolute Gasteiger partial charge is 0.478 e. The molecule has 2 aromatic carbocycles. The number of nitrogens with zero attached hydrogens (tertiary/aromatic N) is 1. The molecule has 2 N–H and O–H groups in total. The normalized spacial score (nSPS) is 20.8. The number of aryl methyl sites for hydroxylation is 1. The standard InChI is InChI=1S/C21H25NO4/c1-16-5-7-17(8-6-16)12-21(15-23)14-22(9-10-26-21)13-18-3-2-4-19(11-18)20(24)25/h2-8,11,23H,9-10,12-15H2,1H3,(H,24,25)/t21-/m0/s1. The quantitative estimate of drug-likeness (QED) is 0.833. The van der Waals surface area contributed by atoms with Gasteiger partial charge in [-0.1, -0.05) is 42.0 Å². The van der Waals surface area contributed by atoms with Gasteiger partial charge in [0, 0.05) is 26.1 Å². The van der Waals surface area contributed by atoms with Crippen LogP contribution in [0.1, 0.15) is 27.0 Å². The van der Waals surface area contributed by atoms with E-state index in [1.54, 1.807) is 18.2 Å². The Morgan fingerprint density at radius 1 is 1.19 bits per heavy atom. The number of aliphatic hydroxyl groups is 1. The van der Waals surface area contributed by atoms with Gasteiger partial charge in [0.25, 0.3) is 0 Å². The maximum absolute atomic E-state index is 11.2. The van der Waals surface area contributed by atoms with Crippen molar-refractivity contribution in [3.8, 4) is 0 Å². The Morgan fingerprint density at radius 3 is 2.65 bits per heavy atom. The van der Waals surface area contributed by atoms with Crippen LogP contribution in [0, 0.1) is 6.92 Å². The number of carboxylic acids is 1. The molecule has 1 aliphatic rings. The van der Waals surface area contributed by atoms with Crippen molar-refractivity contribution >= 4 is 5.97 Å². The van der Waals surface area contributed by atoms with E-state index in [0.29, 0.717) is 31.7 Å². The first kappa shape index (κ1) is 18.6. The van der Waals surface area contributed by atoms with Crippen LogP contribution in [0.5, 0.6) is 0 Å². The Labute approximate surface area is 153 Å². The highest BCUT2D eigenvalue weighted by Crippen LogP contribution is 2.24. The van der Waals surface area contributed by atoms with E-state index < -0.39 is 11.6 Å². The molecule has 2 aromatic rings. The molecule has 0 spiro atoms. The minimum Gasteiger partial charge on any atom is -0.478 e. The van der Waals surface area contributed by atoms with Crippen LogP contribution in [0.4, 0.5) is 0 Å². The lowest BCUT2D eigenvalue weighted by atomic mass is 9.92. The van der Waals surface area contributed by atoms with Gasteiger partial charge in [0.15, 0.2) is 0 Å². The van der Waals surface area contributed by atoms with Crippen LogP contribution in [-0.2, 0) is 17.7 Å². The predicted molar refractivity (Wildman–Crippen MR) is 99.3 cm³/mol. The molecule has 1 fully saturated rings. The molecule has 0 saturated carbocycles. The highest BCUT2D eigenvalue weighted by Gasteiger charge is 2.36. The average molecular weight is 355 g/mol. The molecule has 1 heterocycles. The van der Waals surface area contributed by atoms with Gasteiger partial charge in [-0.2, -0.15) is 0 Å². The van der Waals surface area contributed by atoms with E-state index in [9.17, 15) is 9.90 Å². The minimum absolute atomic E-state index is 0.0491. The summed E-state index contributed by atoms with van der Waals surface area (Å²) in [7, 11) is 0. The van der Waals surface area contributed by atoms with E-state index >= 15 is 0 Å². The maximum Gasteiger partial charge on any atom is 0.335 e. The summed E-state index contributed by atoms with van der Waals surface area (Å²) in [5, 5.41) is 19.2. The zero-order valence-corrected chi connectivity index (χ0v) is 15.0. The van der Waals surface area contributed by atoms with E-state index in [1.165, 1.54) is 5.56 Å². The molecule has 3 rings (SSSR count). The van der Waals surface area contributed by atoms with E-state index in [0.717, 1.165) is 17.7 Å². The molecule has 5 nitrogen and oxygen atoms in total. The van der Waals surface area contributed by atoms with Crippen LogP contribution in [0.2, 0.25) is 0 Å². The number of ether oxygens (including phenoxy) is 1. The second kappa shape index (κ2) is 7.99. The fourth-order valence-electron chi connectivity index (χ4n) is 3.46. The average Bonchev–Trinajstić information content (AvgIpc) is 2.64. The van der Waals surface area contributed by atoms with Crippen LogP contribution in [0.3, 0.4) is 0 Å². The topological polar surface area (TPSA) is 70.0 Å². The predicted octanol–water partition coefficient (Wildman–Crippen LogP) is 2.50. The molecule has 1 saturated heterocycles. The maximum atomic E-state index is 11.2. The summed E-state index contributed by atoms with van der Waals surface area (Å²) in [5.74, 6) is -0.919. The highest BCUT2D eigenvalue weighted by atomic mass is 16.5. The fourth-order valence-corrected chi connectivity index (χ4v) is 3.46. The van der Waals surface area contributed by atoms with Gasteiger partial charge in [-0.05, 0) is 30.2 Å². The van der Waals surface area contributed by atoms with Crippen LogP contribution in [-0.4, -0.2) is 53.0 Å². The SMILES string of the molecule is Cc1ccc(C[C@@]2(CO)CN(Cc3cccc(C(=O)O)c3)CCO2)cc1. The number of hydrogen-bond acceptors (Lipinski definition) is 4. The van der Waals surface area contributed by atoms with Crippen molar-refractivity contribution in [3.63, 3.8) is 0 Å². The van der Waals surface area contributed by atoms with Crippen LogP contribution >= 0.6 is 0 Å². The van der Waals surface area contributed by atoms with Gasteiger partial charge < -0.3 is 14.9 Å². The third-order valence-corrected chi connectivity index (χ3v) is 4.84. The van der Waals surface area contributed by atoms with E-state index in [2.05, 4.69) is 36.1 Å². The summed E-state index contributed by atoms with van der Waals surface area (Å²) in [5.41, 5.74) is 2.96. The van der Waals surface area contributed by atoms with Gasteiger partial charge in [-0.25, -0.2) is 4.79 Å². The van der Waals surface area contributed by atoms with E-state index in [1.807, 2.05) is 6.07 Å². The van der Waals surface area contributed by atoms with Gasteiger partial charge >= 0.3 is 5.97 Å². The molecule has 26 heavy (non-hydrogen) atoms. The molecule has 0 aliphatic carbocycles. The summed E-state index contributed by atoms with van der Waals surface area (Å²) in [6.07, 6.45) is 0.648. The summed E-state index contributed by atoms with van der Waals surface area (Å²) in [6, 6.07) is 15.3. The Morgan fingerprint density at radius 2 is 1.96 bits per heavy atom. The lowest BCUT2D eigenvalue weighted by molar-refractivity contribution is -0.134. The van der Waals surface area contributed by atoms with Crippen molar-refractivity contribution in [2.24, 2.45) is 0 Å². The summed E-state index contributed by atoms with van der Waals surface area (Å²) < 4.78 is 5.99. The third kappa shape index (κ3) is 4.49. The second-order valence-electron chi connectivity index (χ2n) is 7.07. The van der Waals surface area contributed by atoms with E-state index in [-0.39, 0.29) is 6.61 Å². The van der Waals surface area contributed by atoms with Crippen LogP contribution < -0.4 is 0 Å². The smallest absolute Gasteiger partial charge is 0.335 e. The molecule has 1 atom stereocenters. The monoisotopic (exact) mass is 355 g/mol. The van der Waals surface area contributed by atoms with Crippen molar-refractivity contribution in [1.29, 1.82) is 0 Å². The molecular weight excluding hydrogens is 330 g/mol. The van der Waals surface area contributed by atoms with Crippen LogP contribution in [0.25, 0.3) is 0 Å². The lowest BCUT2D eigenvalue weighted by Crippen LogP contribution is -2.55. The molecule has 0 amide bonds. The van der Waals surface area contributed by atoms with E-state index in [4.69, 9.17) is 9.84 Å². The zero-order valence-electron chi connectivity index (χ0n) is 15.0. The molecule has 0 aromatic heterocycles. The first-order valence-corrected chi connectivity index (χ1v) is 8.85. The van der Waals surface area contributed by atoms with Gasteiger partial charge in [0.2, 0.25) is 0 Å².